The molecule has 0 aromatic rings. The molecular formula is C3H16O7. The first-order valence-electron chi connectivity index (χ1n) is 1.37. The molecule has 0 aliphatic carbocycles. The van der Waals surface area contributed by atoms with Crippen molar-refractivity contribution in [2.24, 2.45) is 0 Å². The van der Waals surface area contributed by atoms with E-state index in [0.29, 0.717) is 0 Å². The zero-order chi connectivity index (χ0) is 4.28. The number of Topliss-reactive ketones (excluding diaryl/α,β-unsaturated/α-hetero) is 1. The lowest BCUT2D eigenvalue weighted by molar-refractivity contribution is -0.119. The summed E-state index contributed by atoms with van der Waals surface area (Å²) in [5.41, 5.74) is 0. The van der Waals surface area contributed by atoms with Gasteiger partial charge in [0.15, 0.2) is 5.78 Å². The molecule has 0 fully saturated rings. The van der Waals surface area contributed by atoms with E-state index in [-0.39, 0.29) is 39.8 Å². The van der Waals surface area contributed by atoms with Crippen LogP contribution in [0.2, 0.25) is 0 Å². The second kappa shape index (κ2) is 39.6. The molecule has 10 heavy (non-hydrogen) atoms. The number of rotatable bonds is 1. The number of carbonyl (C=O) groups is 1. The Morgan fingerprint density at radius 2 is 1.20 bits per heavy atom. The summed E-state index contributed by atoms with van der Waals surface area (Å²) in [6.45, 7) is 1.000. The number of hydrogen-bond donors (Lipinski definition) is 1. The van der Waals surface area contributed by atoms with E-state index in [9.17, 15) is 4.79 Å². The van der Waals surface area contributed by atoms with Crippen LogP contribution in [0, 0.1) is 0 Å². The maximum Gasteiger partial charge on any atom is 0.155 e. The molecule has 0 amide bonds. The summed E-state index contributed by atoms with van der Waals surface area (Å²) in [7, 11) is 0. The summed E-state index contributed by atoms with van der Waals surface area (Å²) in [4.78, 5) is 9.56. The topological polar surface area (TPSA) is 195 Å². The fourth-order valence-corrected chi connectivity index (χ4v) is 0. The van der Waals surface area contributed by atoms with Gasteiger partial charge in [-0.2, -0.15) is 0 Å². The number of aliphatic hydroxyl groups is 1. The molecule has 0 heterocycles. The SMILES string of the molecule is CC(=O)CO.O.O.O.O.O. The summed E-state index contributed by atoms with van der Waals surface area (Å²) < 4.78 is 0. The highest BCUT2D eigenvalue weighted by Gasteiger charge is 1.78. The minimum atomic E-state index is -0.333. The summed E-state index contributed by atoms with van der Waals surface area (Å²) in [6.07, 6.45) is 0. The highest BCUT2D eigenvalue weighted by atomic mass is 16.3. The molecule has 0 saturated heterocycles. The van der Waals surface area contributed by atoms with Crippen LogP contribution in [0.1, 0.15) is 6.92 Å². The van der Waals surface area contributed by atoms with Crippen molar-refractivity contribution >= 4 is 5.78 Å². The Bertz CT molecular complexity index is 44.1. The summed E-state index contributed by atoms with van der Waals surface area (Å²) in [5.74, 6) is -0.190. The lowest BCUT2D eigenvalue weighted by Gasteiger charge is -1.72. The molecule has 0 spiro atoms. The molecule has 0 atom stereocenters. The molecular weight excluding hydrogens is 148 g/mol. The van der Waals surface area contributed by atoms with Gasteiger partial charge in [0.2, 0.25) is 0 Å². The lowest BCUT2D eigenvalue weighted by Crippen LogP contribution is -1.93. The third-order valence-electron chi connectivity index (χ3n) is 0.223. The van der Waals surface area contributed by atoms with Gasteiger partial charge in [0.1, 0.15) is 6.61 Å². The highest BCUT2D eigenvalue weighted by Crippen LogP contribution is 1.55. The van der Waals surface area contributed by atoms with Crippen LogP contribution in [-0.4, -0.2) is 44.9 Å². The first-order chi connectivity index (χ1) is 2.27. The van der Waals surface area contributed by atoms with E-state index in [1.165, 1.54) is 6.92 Å². The predicted octanol–water partition coefficient (Wildman–Crippen LogP) is -4.56. The second-order valence-electron chi connectivity index (χ2n) is 0.860. The lowest BCUT2D eigenvalue weighted by atomic mass is 10.5. The van der Waals surface area contributed by atoms with Gasteiger partial charge >= 0.3 is 0 Å². The minimum absolute atomic E-state index is 0. The van der Waals surface area contributed by atoms with Crippen LogP contribution in [0.4, 0.5) is 0 Å². The quantitative estimate of drug-likeness (QED) is 0.407. The van der Waals surface area contributed by atoms with Crippen molar-refractivity contribution in [1.82, 2.24) is 0 Å². The van der Waals surface area contributed by atoms with E-state index in [0.717, 1.165) is 0 Å². The summed E-state index contributed by atoms with van der Waals surface area (Å²) >= 11 is 0. The predicted molar refractivity (Wildman–Crippen MR) is 35.8 cm³/mol. The third kappa shape index (κ3) is 150. The molecule has 0 saturated carbocycles. The minimum Gasteiger partial charge on any atom is -0.412 e. The van der Waals surface area contributed by atoms with Crippen molar-refractivity contribution in [2.75, 3.05) is 6.61 Å². The van der Waals surface area contributed by atoms with Crippen molar-refractivity contribution in [3.8, 4) is 0 Å². The maximum atomic E-state index is 9.56. The molecule has 70 valence electrons. The van der Waals surface area contributed by atoms with Crippen molar-refractivity contribution in [3.05, 3.63) is 0 Å². The van der Waals surface area contributed by atoms with E-state index >= 15 is 0 Å². The van der Waals surface area contributed by atoms with Crippen LogP contribution in [-0.2, 0) is 4.79 Å². The zero-order valence-electron chi connectivity index (χ0n) is 5.56. The molecule has 11 N–H and O–H groups in total. The first-order valence-corrected chi connectivity index (χ1v) is 1.37. The second-order valence-corrected chi connectivity index (χ2v) is 0.860. The van der Waals surface area contributed by atoms with Crippen molar-refractivity contribution in [2.45, 2.75) is 6.92 Å². The smallest absolute Gasteiger partial charge is 0.155 e. The Morgan fingerprint density at radius 1 is 1.10 bits per heavy atom. The van der Waals surface area contributed by atoms with E-state index in [4.69, 9.17) is 5.11 Å². The standard InChI is InChI=1S/C3H6O2.5H2O/c1-3(5)2-4;;;;;/h4H,2H2,1H3;5*1H2. The van der Waals surface area contributed by atoms with E-state index in [1.807, 2.05) is 0 Å². The van der Waals surface area contributed by atoms with Gasteiger partial charge in [0.25, 0.3) is 0 Å². The maximum absolute atomic E-state index is 9.56. The highest BCUT2D eigenvalue weighted by molar-refractivity contribution is 5.76. The molecule has 0 bridgehead atoms. The molecule has 0 radical (unpaired) electrons. The first kappa shape index (κ1) is 57.0. The zero-order valence-corrected chi connectivity index (χ0v) is 5.56. The molecule has 7 nitrogen and oxygen atoms in total. The normalized spacial score (nSPS) is 3.80. The molecule has 0 aliphatic heterocycles. The number of aliphatic hydroxyl groups excluding tert-OH is 1. The van der Waals surface area contributed by atoms with Crippen LogP contribution in [0.3, 0.4) is 0 Å². The molecule has 0 aromatic heterocycles. The monoisotopic (exact) mass is 164 g/mol. The van der Waals surface area contributed by atoms with E-state index in [2.05, 4.69) is 0 Å². The average Bonchev–Trinajstić information content (AvgIpc) is 1.38. The summed E-state index contributed by atoms with van der Waals surface area (Å²) in [5, 5.41) is 7.79. The van der Waals surface area contributed by atoms with Gasteiger partial charge in [-0.1, -0.05) is 0 Å². The Balaban J connectivity index is -0.00000000800. The van der Waals surface area contributed by atoms with Gasteiger partial charge in [0, 0.05) is 0 Å². The number of carbonyl (C=O) groups excluding carboxylic acids is 1. The molecule has 0 unspecified atom stereocenters. The Kier molecular flexibility index (Phi) is 225. The van der Waals surface area contributed by atoms with Gasteiger partial charge in [-0.3, -0.25) is 4.79 Å². The largest absolute Gasteiger partial charge is 0.412 e. The van der Waals surface area contributed by atoms with Crippen LogP contribution in [0.25, 0.3) is 0 Å². The number of hydrogen-bond acceptors (Lipinski definition) is 2. The average molecular weight is 164 g/mol. The molecule has 0 rings (SSSR count). The fraction of sp³-hybridized carbons (Fsp3) is 0.667. The van der Waals surface area contributed by atoms with Crippen molar-refractivity contribution in [1.29, 1.82) is 0 Å². The van der Waals surface area contributed by atoms with Gasteiger partial charge < -0.3 is 32.5 Å². The van der Waals surface area contributed by atoms with E-state index < -0.39 is 0 Å². The van der Waals surface area contributed by atoms with Crippen LogP contribution in [0.15, 0.2) is 0 Å². The third-order valence-corrected chi connectivity index (χ3v) is 0.223. The molecule has 7 heteroatoms. The Morgan fingerprint density at radius 3 is 1.20 bits per heavy atom. The van der Waals surface area contributed by atoms with Crippen LogP contribution >= 0.6 is 0 Å². The van der Waals surface area contributed by atoms with Crippen LogP contribution in [0.5, 0.6) is 0 Å². The van der Waals surface area contributed by atoms with Crippen LogP contribution < -0.4 is 0 Å². The van der Waals surface area contributed by atoms with Gasteiger partial charge in [-0.15, -0.1) is 0 Å². The van der Waals surface area contributed by atoms with E-state index in [1.54, 1.807) is 0 Å². The molecule has 0 aliphatic rings. The Hall–Kier alpha value is -0.570. The Labute approximate surface area is 57.8 Å². The summed E-state index contributed by atoms with van der Waals surface area (Å²) in [6, 6.07) is 0. The van der Waals surface area contributed by atoms with Gasteiger partial charge in [-0.05, 0) is 6.92 Å². The van der Waals surface area contributed by atoms with Crippen molar-refractivity contribution in [3.63, 3.8) is 0 Å². The van der Waals surface area contributed by atoms with Gasteiger partial charge in [0.05, 0.1) is 0 Å². The van der Waals surface area contributed by atoms with Crippen molar-refractivity contribution < 1.29 is 37.3 Å². The fourth-order valence-electron chi connectivity index (χ4n) is 0. The molecule has 0 aromatic carbocycles. The number of ketones is 1. The van der Waals surface area contributed by atoms with Gasteiger partial charge in [-0.25, -0.2) is 0 Å².